The molecule has 2 nitrogen and oxygen atoms in total. The van der Waals surface area contributed by atoms with Crippen LogP contribution in [0.4, 0.5) is 5.69 Å². The molecule has 0 saturated heterocycles. The van der Waals surface area contributed by atoms with Crippen LogP contribution in [0.15, 0.2) is 168 Å². The fraction of sp³-hybridized carbons (Fsp3) is 0. The minimum absolute atomic E-state index is 0.691. The Balaban J connectivity index is 1.39. The zero-order valence-corrected chi connectivity index (χ0v) is 26.4. The van der Waals surface area contributed by atoms with Crippen molar-refractivity contribution < 1.29 is 4.42 Å². The maximum Gasteiger partial charge on any atom is 0.202 e. The number of fused-ring (bicyclic) bond motifs is 7. The molecule has 1 aromatic heterocycles. The Kier molecular flexibility index (Phi) is 5.97. The highest BCUT2D eigenvalue weighted by atomic mass is 16.3. The highest BCUT2D eigenvalue weighted by Crippen LogP contribution is 2.50. The second kappa shape index (κ2) is 10.7. The maximum absolute atomic E-state index is 8.13. The molecule has 0 amide bonds. The first-order chi connectivity index (χ1) is 24.3. The van der Waals surface area contributed by atoms with Crippen LogP contribution < -0.4 is 0 Å². The molecule has 0 unspecified atom stereocenters. The van der Waals surface area contributed by atoms with E-state index in [2.05, 4.69) is 157 Å². The second-order valence-electron chi connectivity index (χ2n) is 12.6. The molecule has 0 spiro atoms. The fourth-order valence-electron chi connectivity index (χ4n) is 8.13. The number of hydrogen-bond donors (Lipinski definition) is 0. The van der Waals surface area contributed by atoms with E-state index in [4.69, 9.17) is 11.0 Å². The Morgan fingerprint density at radius 2 is 0.714 bits per heavy atom. The molecule has 0 aliphatic carbocycles. The normalized spacial score (nSPS) is 11.7. The standard InChI is InChI=1S/C47H27NO/c1-48-47-36-23-11-9-21-34(36)44(35-22-10-12-24-37(35)47)39-26-14-28-41-46(39)45-38(25-13-27-40(45)49-41)43-32-19-7-5-17-30(32)42(29-15-3-2-4-16-29)31-18-6-8-20-33(31)43/h2-28H. The molecule has 0 radical (unpaired) electrons. The molecular weight excluding hydrogens is 595 g/mol. The van der Waals surface area contributed by atoms with Crippen molar-refractivity contribution in [1.29, 1.82) is 0 Å². The van der Waals surface area contributed by atoms with E-state index in [0.29, 0.717) is 5.69 Å². The van der Waals surface area contributed by atoms with E-state index in [1.165, 1.54) is 38.2 Å². The molecule has 226 valence electrons. The zero-order valence-electron chi connectivity index (χ0n) is 26.4. The summed E-state index contributed by atoms with van der Waals surface area (Å²) in [7, 11) is 0. The van der Waals surface area contributed by atoms with Crippen molar-refractivity contribution in [1.82, 2.24) is 0 Å². The largest absolute Gasteiger partial charge is 0.456 e. The van der Waals surface area contributed by atoms with Gasteiger partial charge >= 0.3 is 0 Å². The summed E-state index contributed by atoms with van der Waals surface area (Å²) < 4.78 is 6.71. The van der Waals surface area contributed by atoms with Gasteiger partial charge in [-0.2, -0.15) is 0 Å². The summed E-state index contributed by atoms with van der Waals surface area (Å²) in [6.45, 7) is 8.13. The summed E-state index contributed by atoms with van der Waals surface area (Å²) in [5.74, 6) is 0. The third-order valence-corrected chi connectivity index (χ3v) is 10.1. The molecule has 0 saturated carbocycles. The van der Waals surface area contributed by atoms with Crippen molar-refractivity contribution in [2.75, 3.05) is 0 Å². The van der Waals surface area contributed by atoms with Gasteiger partial charge in [0.2, 0.25) is 5.69 Å². The van der Waals surface area contributed by atoms with Crippen LogP contribution in [0.3, 0.4) is 0 Å². The average molecular weight is 622 g/mol. The fourth-order valence-corrected chi connectivity index (χ4v) is 8.13. The van der Waals surface area contributed by atoms with Gasteiger partial charge in [0.15, 0.2) is 0 Å². The monoisotopic (exact) mass is 621 g/mol. The lowest BCUT2D eigenvalue weighted by Gasteiger charge is -2.18. The van der Waals surface area contributed by atoms with Crippen LogP contribution in [0.2, 0.25) is 0 Å². The first-order valence-electron chi connectivity index (χ1n) is 16.6. The molecular formula is C47H27NO. The molecule has 1 heterocycles. The van der Waals surface area contributed by atoms with Gasteiger partial charge in [-0.05, 0) is 88.6 Å². The zero-order chi connectivity index (χ0) is 32.5. The molecule has 0 fully saturated rings. The molecule has 49 heavy (non-hydrogen) atoms. The van der Waals surface area contributed by atoms with E-state index in [1.54, 1.807) is 0 Å². The van der Waals surface area contributed by atoms with Crippen molar-refractivity contribution >= 4 is 70.7 Å². The van der Waals surface area contributed by atoms with Gasteiger partial charge in [-0.3, -0.25) is 0 Å². The van der Waals surface area contributed by atoms with Gasteiger partial charge in [-0.15, -0.1) is 0 Å². The first kappa shape index (κ1) is 27.4. The average Bonchev–Trinajstić information content (AvgIpc) is 3.56. The van der Waals surface area contributed by atoms with Crippen molar-refractivity contribution in [3.63, 3.8) is 0 Å². The summed E-state index contributed by atoms with van der Waals surface area (Å²) in [6, 6.07) is 57.8. The summed E-state index contributed by atoms with van der Waals surface area (Å²) >= 11 is 0. The number of furan rings is 1. The van der Waals surface area contributed by atoms with Crippen molar-refractivity contribution in [2.45, 2.75) is 0 Å². The van der Waals surface area contributed by atoms with E-state index in [0.717, 1.165) is 60.2 Å². The summed E-state index contributed by atoms with van der Waals surface area (Å²) in [5, 5.41) is 11.1. The molecule has 0 aliphatic rings. The molecule has 0 N–H and O–H groups in total. The quantitative estimate of drug-likeness (QED) is 0.142. The lowest BCUT2D eigenvalue weighted by Crippen LogP contribution is -1.91. The van der Waals surface area contributed by atoms with Gasteiger partial charge in [-0.25, -0.2) is 4.85 Å². The lowest BCUT2D eigenvalue weighted by molar-refractivity contribution is 0.669. The lowest BCUT2D eigenvalue weighted by atomic mass is 9.84. The van der Waals surface area contributed by atoms with Gasteiger partial charge in [-0.1, -0.05) is 152 Å². The Morgan fingerprint density at radius 1 is 0.347 bits per heavy atom. The van der Waals surface area contributed by atoms with Gasteiger partial charge < -0.3 is 4.42 Å². The maximum atomic E-state index is 8.13. The molecule has 0 bridgehead atoms. The van der Waals surface area contributed by atoms with Gasteiger partial charge in [0, 0.05) is 10.8 Å². The second-order valence-corrected chi connectivity index (χ2v) is 12.6. The summed E-state index contributed by atoms with van der Waals surface area (Å²) in [4.78, 5) is 4.04. The molecule has 2 heteroatoms. The third-order valence-electron chi connectivity index (χ3n) is 10.1. The summed E-state index contributed by atoms with van der Waals surface area (Å²) in [6.07, 6.45) is 0. The topological polar surface area (TPSA) is 17.5 Å². The number of hydrogen-bond acceptors (Lipinski definition) is 1. The minimum atomic E-state index is 0.691. The Bertz CT molecular complexity index is 2880. The van der Waals surface area contributed by atoms with Crippen LogP contribution in [0.25, 0.3) is 103 Å². The van der Waals surface area contributed by atoms with E-state index < -0.39 is 0 Å². The highest BCUT2D eigenvalue weighted by Gasteiger charge is 2.23. The van der Waals surface area contributed by atoms with Crippen molar-refractivity contribution in [3.8, 4) is 33.4 Å². The predicted octanol–water partition coefficient (Wildman–Crippen LogP) is 13.8. The van der Waals surface area contributed by atoms with E-state index in [9.17, 15) is 0 Å². The predicted molar refractivity (Wildman–Crippen MR) is 206 cm³/mol. The number of rotatable bonds is 3. The van der Waals surface area contributed by atoms with Crippen molar-refractivity contribution in [2.24, 2.45) is 0 Å². The van der Waals surface area contributed by atoms with E-state index in [1.807, 2.05) is 12.1 Å². The van der Waals surface area contributed by atoms with Crippen molar-refractivity contribution in [3.05, 3.63) is 175 Å². The molecule has 0 aliphatic heterocycles. The van der Waals surface area contributed by atoms with E-state index in [-0.39, 0.29) is 0 Å². The van der Waals surface area contributed by atoms with Gasteiger partial charge in [0.1, 0.15) is 11.2 Å². The Morgan fingerprint density at radius 3 is 1.14 bits per heavy atom. The minimum Gasteiger partial charge on any atom is -0.456 e. The van der Waals surface area contributed by atoms with Gasteiger partial charge in [0.25, 0.3) is 0 Å². The molecule has 9 aromatic carbocycles. The van der Waals surface area contributed by atoms with E-state index >= 15 is 0 Å². The highest BCUT2D eigenvalue weighted by molar-refractivity contribution is 6.29. The van der Waals surface area contributed by atoms with Crippen LogP contribution in [0.5, 0.6) is 0 Å². The third kappa shape index (κ3) is 3.94. The van der Waals surface area contributed by atoms with Gasteiger partial charge in [0.05, 0.1) is 6.57 Å². The Hall–Kier alpha value is -6.69. The number of nitrogens with zero attached hydrogens (tertiary/aromatic N) is 1. The smallest absolute Gasteiger partial charge is 0.202 e. The molecule has 10 aromatic rings. The molecule has 0 atom stereocenters. The van der Waals surface area contributed by atoms with Crippen LogP contribution >= 0.6 is 0 Å². The molecule has 10 rings (SSSR count). The van der Waals surface area contributed by atoms with Crippen LogP contribution in [0.1, 0.15) is 0 Å². The van der Waals surface area contributed by atoms with Crippen LogP contribution in [-0.4, -0.2) is 0 Å². The number of benzene rings is 9. The van der Waals surface area contributed by atoms with Crippen LogP contribution in [0, 0.1) is 6.57 Å². The summed E-state index contributed by atoms with van der Waals surface area (Å²) in [5.41, 5.74) is 9.41. The van der Waals surface area contributed by atoms with Crippen LogP contribution in [-0.2, 0) is 0 Å². The first-order valence-corrected chi connectivity index (χ1v) is 16.6. The Labute approximate surface area is 282 Å². The SMILES string of the molecule is [C-]#[N+]c1c2ccccc2c(-c2cccc3oc4cccc(-c5c6ccccc6c(-c6ccccc6)c6ccccc56)c4c23)c2ccccc12.